The number of nitriles is 1. The summed E-state index contributed by atoms with van der Waals surface area (Å²) in [4.78, 5) is 12.5. The molecule has 0 aliphatic rings. The Labute approximate surface area is 222 Å². The summed E-state index contributed by atoms with van der Waals surface area (Å²) < 4.78 is 110. The van der Waals surface area contributed by atoms with Crippen molar-refractivity contribution in [2.45, 2.75) is 28.3 Å². The number of benzene rings is 3. The number of alkyl halides is 3. The van der Waals surface area contributed by atoms with E-state index in [0.29, 0.717) is 18.4 Å². The molecule has 1 amide bonds. The van der Waals surface area contributed by atoms with Crippen molar-refractivity contribution in [3.8, 4) is 6.07 Å². The zero-order valence-corrected chi connectivity index (χ0v) is 21.7. The molecule has 14 heteroatoms. The molecule has 0 fully saturated rings. The van der Waals surface area contributed by atoms with Crippen molar-refractivity contribution < 1.29 is 39.2 Å². The Morgan fingerprint density at radius 1 is 1.00 bits per heavy atom. The smallest absolute Gasteiger partial charge is 0.368 e. The number of rotatable bonds is 9. The van der Waals surface area contributed by atoms with Crippen molar-refractivity contribution >= 4 is 25.8 Å². The molecule has 2 unspecified atom stereocenters. The normalized spacial score (nSPS) is 14.7. The molecular weight excluding hydrogens is 562 g/mol. The van der Waals surface area contributed by atoms with E-state index in [0.717, 1.165) is 30.3 Å². The summed E-state index contributed by atoms with van der Waals surface area (Å²) in [7, 11) is -9.44. The lowest BCUT2D eigenvalue weighted by Gasteiger charge is -2.38. The summed E-state index contributed by atoms with van der Waals surface area (Å²) >= 11 is 0. The minimum absolute atomic E-state index is 0.219. The van der Waals surface area contributed by atoms with Crippen molar-refractivity contribution in [2.24, 2.45) is 5.73 Å². The van der Waals surface area contributed by atoms with E-state index in [-0.39, 0.29) is 5.56 Å². The average molecular weight is 584 g/mol. The van der Waals surface area contributed by atoms with Crippen LogP contribution in [0.1, 0.15) is 27.5 Å². The van der Waals surface area contributed by atoms with E-state index in [1.54, 1.807) is 6.07 Å². The van der Waals surface area contributed by atoms with E-state index in [1.165, 1.54) is 30.3 Å². The number of amides is 1. The Morgan fingerprint density at radius 2 is 1.59 bits per heavy atom. The molecule has 0 aliphatic carbocycles. The van der Waals surface area contributed by atoms with Crippen LogP contribution in [0, 0.1) is 17.1 Å². The molecule has 2 atom stereocenters. The van der Waals surface area contributed by atoms with Gasteiger partial charge in [0.2, 0.25) is 15.9 Å². The second kappa shape index (κ2) is 10.8. The van der Waals surface area contributed by atoms with Gasteiger partial charge >= 0.3 is 6.18 Å². The molecule has 0 aliphatic heterocycles. The van der Waals surface area contributed by atoms with Crippen LogP contribution < -0.4 is 10.5 Å². The summed E-state index contributed by atoms with van der Waals surface area (Å²) in [6.45, 7) is 0. The number of carbonyl (C=O) groups excluding carboxylic acids is 1. The fraction of sp³-hybridized carbons (Fsp3) is 0.200. The number of nitrogens with two attached hydrogens (primary N) is 1. The number of hydrogen-bond acceptors (Lipinski definition) is 6. The Bertz CT molecular complexity index is 1640. The zero-order valence-electron chi connectivity index (χ0n) is 20.1. The highest BCUT2D eigenvalue weighted by atomic mass is 32.2. The number of sulfone groups is 1. The van der Waals surface area contributed by atoms with Gasteiger partial charge in [-0.2, -0.15) is 23.2 Å². The third-order valence-corrected chi connectivity index (χ3v) is 8.76. The third kappa shape index (κ3) is 6.44. The molecule has 0 spiro atoms. The number of halogens is 4. The van der Waals surface area contributed by atoms with Gasteiger partial charge in [0.05, 0.1) is 28.3 Å². The molecule has 0 heterocycles. The maximum atomic E-state index is 14.1. The minimum atomic E-state index is -5.12. The summed E-state index contributed by atoms with van der Waals surface area (Å²) in [6.07, 6.45) is -5.19. The van der Waals surface area contributed by atoms with Gasteiger partial charge in [0.1, 0.15) is 16.6 Å². The predicted molar refractivity (Wildman–Crippen MR) is 133 cm³/mol. The van der Waals surface area contributed by atoms with Crippen LogP contribution in [0.15, 0.2) is 77.7 Å². The summed E-state index contributed by atoms with van der Waals surface area (Å²) in [5.74, 6) is -2.34. The van der Waals surface area contributed by atoms with Gasteiger partial charge in [-0.25, -0.2) is 21.2 Å². The van der Waals surface area contributed by atoms with Crippen LogP contribution in [0.2, 0.25) is 0 Å². The van der Waals surface area contributed by atoms with E-state index in [1.807, 2.05) is 4.72 Å². The highest BCUT2D eigenvalue weighted by molar-refractivity contribution is 7.92. The molecule has 3 aromatic carbocycles. The molecule has 0 saturated carbocycles. The van der Waals surface area contributed by atoms with Gasteiger partial charge in [-0.3, -0.25) is 4.79 Å². The number of primary amides is 1. The molecule has 3 N–H and O–H groups in total. The largest absolute Gasteiger partial charge is 0.417 e. The maximum absolute atomic E-state index is 14.1. The average Bonchev–Trinajstić information content (AvgIpc) is 2.83. The quantitative estimate of drug-likeness (QED) is 0.292. The highest BCUT2D eigenvalue weighted by Crippen LogP contribution is 2.43. The predicted octanol–water partition coefficient (Wildman–Crippen LogP) is 3.25. The SMILES string of the molecule is CS(=O)(=O)NC(Cc1ccccc1)(C(N)=O)C(c1ccc(C#N)c(C(F)(F)F)c1)S(=O)(=O)c1ccc(F)cc1. The lowest BCUT2D eigenvalue weighted by molar-refractivity contribution is -0.137. The lowest BCUT2D eigenvalue weighted by Crippen LogP contribution is -2.63. The zero-order chi connectivity index (χ0) is 29.2. The number of carbonyl (C=O) groups is 1. The molecule has 206 valence electrons. The first-order chi connectivity index (χ1) is 18.0. The summed E-state index contributed by atoms with van der Waals surface area (Å²) in [5, 5.41) is 6.81. The first kappa shape index (κ1) is 29.8. The Kier molecular flexibility index (Phi) is 8.21. The Balaban J connectivity index is 2.49. The standard InChI is InChI=1S/C25H21F4N3O5S2/c1-38(34,35)32-24(23(31)33,14-16-5-3-2-4-6-16)22(39(36,37)20-11-9-19(26)10-12-20)17-7-8-18(15-30)21(13-17)25(27,28)29/h2-13,22,32H,14H2,1H3,(H2,31,33). The van der Waals surface area contributed by atoms with Gasteiger partial charge in [-0.1, -0.05) is 36.4 Å². The fourth-order valence-electron chi connectivity index (χ4n) is 4.24. The van der Waals surface area contributed by atoms with Gasteiger partial charge in [0.25, 0.3) is 0 Å². The molecule has 0 radical (unpaired) electrons. The molecule has 39 heavy (non-hydrogen) atoms. The van der Waals surface area contributed by atoms with E-state index in [4.69, 9.17) is 5.73 Å². The lowest BCUT2D eigenvalue weighted by atomic mass is 9.83. The van der Waals surface area contributed by atoms with Crippen LogP contribution in [-0.4, -0.2) is 34.5 Å². The number of nitrogens with one attached hydrogen (secondary N) is 1. The van der Waals surface area contributed by atoms with Gasteiger partial charge in [0, 0.05) is 6.42 Å². The second-order valence-corrected chi connectivity index (χ2v) is 12.4. The Hall–Kier alpha value is -3.80. The second-order valence-electron chi connectivity index (χ2n) is 8.67. The van der Waals surface area contributed by atoms with Crippen LogP contribution in [0.4, 0.5) is 17.6 Å². The van der Waals surface area contributed by atoms with Gasteiger partial charge in [-0.05, 0) is 47.5 Å². The first-order valence-corrected chi connectivity index (χ1v) is 14.4. The Morgan fingerprint density at radius 3 is 2.08 bits per heavy atom. The first-order valence-electron chi connectivity index (χ1n) is 10.9. The van der Waals surface area contributed by atoms with Gasteiger partial charge in [0.15, 0.2) is 9.84 Å². The van der Waals surface area contributed by atoms with Crippen LogP contribution >= 0.6 is 0 Å². The van der Waals surface area contributed by atoms with Crippen molar-refractivity contribution in [3.05, 3.63) is 101 Å². The molecule has 0 aromatic heterocycles. The van der Waals surface area contributed by atoms with Crippen molar-refractivity contribution in [3.63, 3.8) is 0 Å². The third-order valence-electron chi connectivity index (χ3n) is 5.81. The topological polar surface area (TPSA) is 147 Å². The van der Waals surface area contributed by atoms with Crippen molar-refractivity contribution in [1.82, 2.24) is 4.72 Å². The van der Waals surface area contributed by atoms with E-state index < -0.39 is 76.6 Å². The molecular formula is C25H21F4N3O5S2. The number of hydrogen-bond donors (Lipinski definition) is 2. The van der Waals surface area contributed by atoms with E-state index in [2.05, 4.69) is 0 Å². The fourth-order valence-corrected chi connectivity index (χ4v) is 7.35. The minimum Gasteiger partial charge on any atom is -0.368 e. The number of nitrogens with zero attached hydrogens (tertiary/aromatic N) is 1. The monoisotopic (exact) mass is 583 g/mol. The number of sulfonamides is 1. The maximum Gasteiger partial charge on any atom is 0.417 e. The van der Waals surface area contributed by atoms with Crippen molar-refractivity contribution in [2.75, 3.05) is 6.26 Å². The van der Waals surface area contributed by atoms with E-state index >= 15 is 0 Å². The summed E-state index contributed by atoms with van der Waals surface area (Å²) in [5.41, 5.74) is 0.0810. The highest BCUT2D eigenvalue weighted by Gasteiger charge is 2.54. The summed E-state index contributed by atoms with van der Waals surface area (Å²) in [6, 6.07) is 14.0. The molecule has 0 saturated heterocycles. The van der Waals surface area contributed by atoms with Crippen LogP contribution in [0.25, 0.3) is 0 Å². The van der Waals surface area contributed by atoms with Gasteiger partial charge in [-0.15, -0.1) is 0 Å². The van der Waals surface area contributed by atoms with Crippen LogP contribution in [0.5, 0.6) is 0 Å². The molecule has 0 bridgehead atoms. The molecule has 3 aromatic rings. The van der Waals surface area contributed by atoms with Gasteiger partial charge < -0.3 is 5.73 Å². The molecule has 3 rings (SSSR count). The van der Waals surface area contributed by atoms with Crippen LogP contribution in [0.3, 0.4) is 0 Å². The van der Waals surface area contributed by atoms with Crippen molar-refractivity contribution in [1.29, 1.82) is 5.26 Å². The molecule has 8 nitrogen and oxygen atoms in total. The van der Waals surface area contributed by atoms with Crippen LogP contribution in [-0.2, 0) is 37.3 Å². The van der Waals surface area contributed by atoms with E-state index in [9.17, 15) is 44.5 Å².